The summed E-state index contributed by atoms with van der Waals surface area (Å²) in [5.74, 6) is -0.184. The second-order valence-electron chi connectivity index (χ2n) is 21.1. The molecule has 0 aromatic carbocycles. The Kier molecular flexibility index (Phi) is 48.3. The average Bonchev–Trinajstić information content (AvgIpc) is 3.36. The van der Waals surface area contributed by atoms with Gasteiger partial charge in [0.1, 0.15) is 24.4 Å². The van der Waals surface area contributed by atoms with E-state index in [9.17, 15) is 30.3 Å². The predicted molar refractivity (Wildman–Crippen MR) is 295 cm³/mol. The largest absolute Gasteiger partial charge is 0.394 e. The van der Waals surface area contributed by atoms with Crippen LogP contribution in [0.3, 0.4) is 0 Å². The van der Waals surface area contributed by atoms with Gasteiger partial charge in [-0.1, -0.05) is 262 Å². The number of ether oxygens (including phenoxy) is 2. The molecule has 1 rings (SSSR count). The van der Waals surface area contributed by atoms with Crippen molar-refractivity contribution >= 4 is 5.91 Å². The van der Waals surface area contributed by atoms with Crippen LogP contribution in [0.25, 0.3) is 0 Å². The minimum atomic E-state index is -1.57. The monoisotopic (exact) mass is 990 g/mol. The van der Waals surface area contributed by atoms with Gasteiger partial charge in [0.05, 0.1) is 25.4 Å². The molecule has 1 fully saturated rings. The van der Waals surface area contributed by atoms with Crippen LogP contribution in [0.2, 0.25) is 0 Å². The molecule has 0 spiro atoms. The van der Waals surface area contributed by atoms with Crippen molar-refractivity contribution < 1.29 is 39.8 Å². The third-order valence-electron chi connectivity index (χ3n) is 14.4. The molecule has 9 nitrogen and oxygen atoms in total. The van der Waals surface area contributed by atoms with Crippen molar-refractivity contribution in [3.8, 4) is 0 Å². The Morgan fingerprint density at radius 1 is 0.471 bits per heavy atom. The number of aliphatic hydroxyl groups is 5. The number of rotatable bonds is 52. The van der Waals surface area contributed by atoms with Crippen LogP contribution in [0.4, 0.5) is 0 Å². The van der Waals surface area contributed by atoms with Crippen molar-refractivity contribution in [3.63, 3.8) is 0 Å². The molecule has 0 bridgehead atoms. The molecule has 0 aromatic heterocycles. The van der Waals surface area contributed by atoms with E-state index >= 15 is 0 Å². The zero-order valence-electron chi connectivity index (χ0n) is 45.8. The second-order valence-corrected chi connectivity index (χ2v) is 21.1. The molecule has 0 aliphatic carbocycles. The molecule has 7 atom stereocenters. The van der Waals surface area contributed by atoms with Gasteiger partial charge in [0.15, 0.2) is 6.29 Å². The van der Waals surface area contributed by atoms with Crippen molar-refractivity contribution in [1.29, 1.82) is 0 Å². The van der Waals surface area contributed by atoms with Gasteiger partial charge in [-0.15, -0.1) is 0 Å². The molecule has 0 saturated carbocycles. The van der Waals surface area contributed by atoms with Gasteiger partial charge < -0.3 is 40.3 Å². The maximum absolute atomic E-state index is 13.1. The third-order valence-corrected chi connectivity index (χ3v) is 14.4. The highest BCUT2D eigenvalue weighted by molar-refractivity contribution is 5.76. The highest BCUT2D eigenvalue weighted by Gasteiger charge is 2.44. The number of nitrogens with one attached hydrogen (secondary N) is 1. The molecule has 0 radical (unpaired) electrons. The molecule has 70 heavy (non-hydrogen) atoms. The SMILES string of the molecule is CCCCCCCCCCCCCC/C=C\CCCCCCCCCCCCC(=O)NC(COC1OC(CO)C(O)C(O)C1O)C(O)/C=C/CC/C=C/CCCCCCCCCCCCCCCCC. The van der Waals surface area contributed by atoms with Crippen LogP contribution in [0.1, 0.15) is 290 Å². The zero-order chi connectivity index (χ0) is 50.8. The van der Waals surface area contributed by atoms with Crippen molar-refractivity contribution in [2.75, 3.05) is 13.2 Å². The van der Waals surface area contributed by atoms with Gasteiger partial charge in [0.2, 0.25) is 5.91 Å². The second kappa shape index (κ2) is 50.9. The van der Waals surface area contributed by atoms with Crippen molar-refractivity contribution in [2.24, 2.45) is 0 Å². The average molecular weight is 991 g/mol. The summed E-state index contributed by atoms with van der Waals surface area (Å²) in [7, 11) is 0. The quantitative estimate of drug-likeness (QED) is 0.0261. The molecule has 6 N–H and O–H groups in total. The first-order valence-corrected chi connectivity index (χ1v) is 30.2. The summed E-state index contributed by atoms with van der Waals surface area (Å²) in [6, 6.07) is -0.822. The van der Waals surface area contributed by atoms with E-state index in [1.54, 1.807) is 6.08 Å². The number of hydrogen-bond donors (Lipinski definition) is 6. The third kappa shape index (κ3) is 39.9. The summed E-state index contributed by atoms with van der Waals surface area (Å²) in [5, 5.41) is 54.5. The molecule has 9 heteroatoms. The van der Waals surface area contributed by atoms with Crippen LogP contribution in [-0.4, -0.2) is 87.5 Å². The first kappa shape index (κ1) is 66.4. The van der Waals surface area contributed by atoms with E-state index in [4.69, 9.17) is 9.47 Å². The van der Waals surface area contributed by atoms with Crippen LogP contribution in [-0.2, 0) is 14.3 Å². The Bertz CT molecular complexity index is 1190. The number of amides is 1. The molecular weight excluding hydrogens is 875 g/mol. The summed E-state index contributed by atoms with van der Waals surface area (Å²) in [5.41, 5.74) is 0. The number of hydrogen-bond acceptors (Lipinski definition) is 8. The standard InChI is InChI=1S/C61H115NO8/c1-3-5-7-9-11-13-15-17-19-21-23-25-26-27-28-29-31-33-35-37-39-41-43-45-47-49-51-57(65)62-54(53-69-61-60(68)59(67)58(66)56(52-63)70-61)55(64)50-48-46-44-42-40-38-36-34-32-30-24-22-20-18-16-14-12-10-8-6-4-2/h27-28,40,42,48,50,54-56,58-61,63-64,66-68H,3-26,29-39,41,43-47,49,51-53H2,1-2H3,(H,62,65)/b28-27-,42-40+,50-48+. The fraction of sp³-hybridized carbons (Fsp3) is 0.885. The number of carbonyl (C=O) groups excluding carboxylic acids is 1. The molecule has 0 aromatic rings. The van der Waals surface area contributed by atoms with E-state index in [-0.39, 0.29) is 12.5 Å². The van der Waals surface area contributed by atoms with E-state index < -0.39 is 49.5 Å². The highest BCUT2D eigenvalue weighted by atomic mass is 16.7. The van der Waals surface area contributed by atoms with Gasteiger partial charge in [0, 0.05) is 6.42 Å². The number of aliphatic hydroxyl groups excluding tert-OH is 5. The molecule has 412 valence electrons. The number of allylic oxidation sites excluding steroid dienone is 5. The Balaban J connectivity index is 2.22. The Labute approximate surface area is 431 Å². The topological polar surface area (TPSA) is 149 Å². The van der Waals surface area contributed by atoms with E-state index in [1.807, 2.05) is 6.08 Å². The smallest absolute Gasteiger partial charge is 0.220 e. The molecule has 1 aliphatic heterocycles. The summed E-state index contributed by atoms with van der Waals surface area (Å²) >= 11 is 0. The minimum Gasteiger partial charge on any atom is -0.394 e. The maximum atomic E-state index is 13.1. The van der Waals surface area contributed by atoms with Crippen LogP contribution in [0.15, 0.2) is 36.5 Å². The molecule has 1 aliphatic rings. The number of carbonyl (C=O) groups is 1. The van der Waals surface area contributed by atoms with Crippen molar-refractivity contribution in [2.45, 2.75) is 333 Å². The Hall–Kier alpha value is -1.59. The fourth-order valence-corrected chi connectivity index (χ4v) is 9.64. The van der Waals surface area contributed by atoms with Crippen molar-refractivity contribution in [1.82, 2.24) is 5.32 Å². The van der Waals surface area contributed by atoms with Gasteiger partial charge in [-0.25, -0.2) is 0 Å². The lowest BCUT2D eigenvalue weighted by Gasteiger charge is -2.40. The van der Waals surface area contributed by atoms with E-state index in [0.717, 1.165) is 38.5 Å². The first-order valence-electron chi connectivity index (χ1n) is 30.2. The van der Waals surface area contributed by atoms with Gasteiger partial charge >= 0.3 is 0 Å². The molecule has 1 amide bonds. The van der Waals surface area contributed by atoms with Crippen LogP contribution < -0.4 is 5.32 Å². The van der Waals surface area contributed by atoms with Gasteiger partial charge in [0.25, 0.3) is 0 Å². The highest BCUT2D eigenvalue weighted by Crippen LogP contribution is 2.23. The van der Waals surface area contributed by atoms with Crippen molar-refractivity contribution in [3.05, 3.63) is 36.5 Å². The number of unbranched alkanes of at least 4 members (excludes halogenated alkanes) is 38. The van der Waals surface area contributed by atoms with Crippen LogP contribution in [0.5, 0.6) is 0 Å². The minimum absolute atomic E-state index is 0.184. The molecule has 1 heterocycles. The summed E-state index contributed by atoms with van der Waals surface area (Å²) < 4.78 is 11.3. The fourth-order valence-electron chi connectivity index (χ4n) is 9.64. The Morgan fingerprint density at radius 3 is 1.20 bits per heavy atom. The molecule has 7 unspecified atom stereocenters. The van der Waals surface area contributed by atoms with Crippen LogP contribution in [0, 0.1) is 0 Å². The summed E-state index contributed by atoms with van der Waals surface area (Å²) in [6.45, 7) is 3.80. The molecule has 1 saturated heterocycles. The van der Waals surface area contributed by atoms with E-state index in [1.165, 1.54) is 231 Å². The van der Waals surface area contributed by atoms with E-state index in [2.05, 4.69) is 43.5 Å². The van der Waals surface area contributed by atoms with Gasteiger partial charge in [-0.2, -0.15) is 0 Å². The summed E-state index contributed by atoms with van der Waals surface area (Å²) in [6.07, 6.45) is 59.3. The normalized spacial score (nSPS) is 19.6. The molecular formula is C61H115NO8. The zero-order valence-corrected chi connectivity index (χ0v) is 45.8. The first-order chi connectivity index (χ1) is 34.3. The lowest BCUT2D eigenvalue weighted by molar-refractivity contribution is -0.302. The lowest BCUT2D eigenvalue weighted by atomic mass is 9.99. The van der Waals surface area contributed by atoms with Crippen LogP contribution >= 0.6 is 0 Å². The Morgan fingerprint density at radius 2 is 0.814 bits per heavy atom. The lowest BCUT2D eigenvalue weighted by Crippen LogP contribution is -2.60. The van der Waals surface area contributed by atoms with E-state index in [0.29, 0.717) is 6.42 Å². The van der Waals surface area contributed by atoms with Gasteiger partial charge in [-0.05, 0) is 57.8 Å². The maximum Gasteiger partial charge on any atom is 0.220 e. The summed E-state index contributed by atoms with van der Waals surface area (Å²) in [4.78, 5) is 13.1. The predicted octanol–water partition coefficient (Wildman–Crippen LogP) is 15.1. The van der Waals surface area contributed by atoms with Gasteiger partial charge in [-0.3, -0.25) is 4.79 Å².